The number of amides is 2. The van der Waals surface area contributed by atoms with Gasteiger partial charge in [0.05, 0.1) is 0 Å². The molecular formula is C10H16N2O6S2. The lowest BCUT2D eigenvalue weighted by Gasteiger charge is -2.24. The fourth-order valence-electron chi connectivity index (χ4n) is 1.22. The van der Waals surface area contributed by atoms with Crippen LogP contribution in [0.5, 0.6) is 0 Å². The van der Waals surface area contributed by atoms with Crippen molar-refractivity contribution in [2.24, 2.45) is 5.73 Å². The number of hydrogen-bond donors (Lipinski definition) is 3. The average molecular weight is 324 g/mol. The van der Waals surface area contributed by atoms with Crippen LogP contribution in [0.4, 0.5) is 0 Å². The third-order valence-electron chi connectivity index (χ3n) is 2.15. The number of carbonyl (C=O) groups is 4. The maximum absolute atomic E-state index is 11.3. The number of imide groups is 1. The van der Waals surface area contributed by atoms with Gasteiger partial charge in [-0.3, -0.25) is 19.3 Å². The smallest absolute Gasteiger partial charge is 0.327 e. The van der Waals surface area contributed by atoms with Gasteiger partial charge in [-0.05, 0) is 0 Å². The van der Waals surface area contributed by atoms with E-state index in [2.05, 4.69) is 0 Å². The summed E-state index contributed by atoms with van der Waals surface area (Å²) in [6.45, 7) is 2.21. The monoisotopic (exact) mass is 324 g/mol. The van der Waals surface area contributed by atoms with E-state index < -0.39 is 35.8 Å². The minimum absolute atomic E-state index is 0.0501. The molecule has 0 heterocycles. The predicted octanol–water partition coefficient (Wildman–Crippen LogP) is -0.372. The number of rotatable bonds is 8. The Balaban J connectivity index is 4.50. The van der Waals surface area contributed by atoms with Gasteiger partial charge >= 0.3 is 11.9 Å². The van der Waals surface area contributed by atoms with Gasteiger partial charge < -0.3 is 15.9 Å². The van der Waals surface area contributed by atoms with E-state index in [1.165, 1.54) is 0 Å². The number of hydrogen-bond acceptors (Lipinski definition) is 7. The highest BCUT2D eigenvalue weighted by molar-refractivity contribution is 8.76. The van der Waals surface area contributed by atoms with Crippen molar-refractivity contribution in [3.8, 4) is 0 Å². The number of nitrogens with two attached hydrogens (primary N) is 1. The van der Waals surface area contributed by atoms with Crippen molar-refractivity contribution >= 4 is 45.3 Å². The Morgan fingerprint density at radius 2 is 1.45 bits per heavy atom. The molecule has 0 radical (unpaired) electrons. The number of carbonyl (C=O) groups excluding carboxylic acids is 2. The third-order valence-corrected chi connectivity index (χ3v) is 4.58. The molecule has 2 amide bonds. The molecule has 0 bridgehead atoms. The minimum atomic E-state index is -1.30. The third kappa shape index (κ3) is 6.26. The van der Waals surface area contributed by atoms with Gasteiger partial charge in [-0.25, -0.2) is 4.79 Å². The van der Waals surface area contributed by atoms with Gasteiger partial charge in [0.1, 0.15) is 12.1 Å². The van der Waals surface area contributed by atoms with Gasteiger partial charge in [0, 0.05) is 25.4 Å². The topological polar surface area (TPSA) is 138 Å². The summed E-state index contributed by atoms with van der Waals surface area (Å²) < 4.78 is 0. The molecule has 0 aliphatic carbocycles. The van der Waals surface area contributed by atoms with E-state index in [1.54, 1.807) is 0 Å². The van der Waals surface area contributed by atoms with E-state index in [0.29, 0.717) is 4.90 Å². The molecule has 0 spiro atoms. The summed E-state index contributed by atoms with van der Waals surface area (Å²) in [6.07, 6.45) is 0. The standard InChI is InChI=1S/C10H16N2O6S2/c1-5(13)12(6(2)14)8(10(17)18)4-20-19-3-7(11)9(15)16/h7-8H,3-4,11H2,1-2H3,(H,15,16)(H,17,18). The largest absolute Gasteiger partial charge is 0.480 e. The first kappa shape index (κ1) is 18.7. The van der Waals surface area contributed by atoms with Gasteiger partial charge in [-0.2, -0.15) is 0 Å². The number of carboxylic acid groups (broad SMARTS) is 2. The van der Waals surface area contributed by atoms with Crippen molar-refractivity contribution in [1.82, 2.24) is 4.90 Å². The maximum Gasteiger partial charge on any atom is 0.327 e. The zero-order chi connectivity index (χ0) is 15.9. The summed E-state index contributed by atoms with van der Waals surface area (Å²) in [5.74, 6) is -3.72. The number of carboxylic acids is 2. The molecule has 0 aliphatic rings. The van der Waals surface area contributed by atoms with Gasteiger partial charge in [-0.1, -0.05) is 21.6 Å². The van der Waals surface area contributed by atoms with Gasteiger partial charge in [0.15, 0.2) is 0 Å². The van der Waals surface area contributed by atoms with Crippen molar-refractivity contribution in [2.45, 2.75) is 25.9 Å². The highest BCUT2D eigenvalue weighted by Crippen LogP contribution is 2.24. The fourth-order valence-corrected chi connectivity index (χ4v) is 3.53. The second-order valence-electron chi connectivity index (χ2n) is 3.78. The van der Waals surface area contributed by atoms with Crippen molar-refractivity contribution in [3.63, 3.8) is 0 Å². The summed E-state index contributed by atoms with van der Waals surface area (Å²) in [4.78, 5) is 44.8. The Labute approximate surface area is 123 Å². The van der Waals surface area contributed by atoms with E-state index in [-0.39, 0.29) is 11.5 Å². The second kappa shape index (κ2) is 8.82. The molecule has 0 fully saturated rings. The normalized spacial score (nSPS) is 13.3. The van der Waals surface area contributed by atoms with Crippen LogP contribution < -0.4 is 5.73 Å². The molecule has 0 aliphatic heterocycles. The lowest BCUT2D eigenvalue weighted by Crippen LogP contribution is -2.48. The van der Waals surface area contributed by atoms with Crippen LogP contribution in [-0.2, 0) is 19.2 Å². The summed E-state index contributed by atoms with van der Waals surface area (Å²) in [6, 6.07) is -2.34. The molecule has 0 aromatic heterocycles. The minimum Gasteiger partial charge on any atom is -0.480 e. The molecule has 10 heteroatoms. The molecular weight excluding hydrogens is 308 g/mol. The van der Waals surface area contributed by atoms with Crippen LogP contribution >= 0.6 is 21.6 Å². The van der Waals surface area contributed by atoms with E-state index in [9.17, 15) is 19.2 Å². The molecule has 0 saturated carbocycles. The highest BCUT2D eigenvalue weighted by Gasteiger charge is 2.30. The van der Waals surface area contributed by atoms with E-state index in [1.807, 2.05) is 0 Å². The second-order valence-corrected chi connectivity index (χ2v) is 6.33. The molecule has 0 saturated heterocycles. The molecule has 20 heavy (non-hydrogen) atoms. The summed E-state index contributed by atoms with van der Waals surface area (Å²) in [7, 11) is 2.12. The molecule has 2 unspecified atom stereocenters. The molecule has 2 atom stereocenters. The Morgan fingerprint density at radius 3 is 1.80 bits per heavy atom. The first-order valence-electron chi connectivity index (χ1n) is 5.44. The first-order chi connectivity index (χ1) is 9.18. The molecule has 8 nitrogen and oxygen atoms in total. The molecule has 114 valence electrons. The van der Waals surface area contributed by atoms with Gasteiger partial charge in [0.2, 0.25) is 11.8 Å². The Hall–Kier alpha value is -1.26. The zero-order valence-electron chi connectivity index (χ0n) is 10.9. The van der Waals surface area contributed by atoms with Crippen LogP contribution in [0.25, 0.3) is 0 Å². The van der Waals surface area contributed by atoms with E-state index in [0.717, 1.165) is 35.4 Å². The van der Waals surface area contributed by atoms with Crippen LogP contribution in [0.15, 0.2) is 0 Å². The molecule has 4 N–H and O–H groups in total. The van der Waals surface area contributed by atoms with E-state index >= 15 is 0 Å². The summed E-state index contributed by atoms with van der Waals surface area (Å²) >= 11 is 0. The van der Waals surface area contributed by atoms with Gasteiger partial charge in [0.25, 0.3) is 0 Å². The van der Waals surface area contributed by atoms with Crippen LogP contribution in [0.3, 0.4) is 0 Å². The lowest BCUT2D eigenvalue weighted by molar-refractivity contribution is -0.155. The van der Waals surface area contributed by atoms with Crippen LogP contribution in [-0.4, -0.2) is 62.5 Å². The van der Waals surface area contributed by atoms with Crippen molar-refractivity contribution in [1.29, 1.82) is 0 Å². The summed E-state index contributed by atoms with van der Waals surface area (Å²) in [5, 5.41) is 17.6. The molecule has 0 aromatic carbocycles. The van der Waals surface area contributed by atoms with Crippen molar-refractivity contribution < 1.29 is 29.4 Å². The first-order valence-corrected chi connectivity index (χ1v) is 7.93. The SMILES string of the molecule is CC(=O)N(C(C)=O)C(CSSCC(N)C(=O)O)C(=O)O. The predicted molar refractivity (Wildman–Crippen MR) is 75.2 cm³/mol. The van der Waals surface area contributed by atoms with Crippen molar-refractivity contribution in [3.05, 3.63) is 0 Å². The zero-order valence-corrected chi connectivity index (χ0v) is 12.6. The summed E-state index contributed by atoms with van der Waals surface area (Å²) in [5.41, 5.74) is 5.28. The Kier molecular flexibility index (Phi) is 8.26. The molecule has 0 rings (SSSR count). The van der Waals surface area contributed by atoms with Crippen LogP contribution in [0.2, 0.25) is 0 Å². The highest BCUT2D eigenvalue weighted by atomic mass is 33.1. The maximum atomic E-state index is 11.3. The fraction of sp³-hybridized carbons (Fsp3) is 0.600. The average Bonchev–Trinajstić information content (AvgIpc) is 2.30. The Morgan fingerprint density at radius 1 is 1.00 bits per heavy atom. The number of aliphatic carboxylic acids is 2. The van der Waals surface area contributed by atoms with Gasteiger partial charge in [-0.15, -0.1) is 0 Å². The Bertz CT molecular complexity index is 389. The lowest BCUT2D eigenvalue weighted by atomic mass is 10.3. The number of nitrogens with zero attached hydrogens (tertiary/aromatic N) is 1. The van der Waals surface area contributed by atoms with Crippen molar-refractivity contribution in [2.75, 3.05) is 11.5 Å². The van der Waals surface area contributed by atoms with E-state index in [4.69, 9.17) is 15.9 Å². The van der Waals surface area contributed by atoms with Crippen LogP contribution in [0.1, 0.15) is 13.8 Å². The quantitative estimate of drug-likeness (QED) is 0.403. The molecule has 0 aromatic rings. The van der Waals surface area contributed by atoms with Crippen LogP contribution in [0, 0.1) is 0 Å².